The summed E-state index contributed by atoms with van der Waals surface area (Å²) in [6.07, 6.45) is 2.27. The maximum Gasteiger partial charge on any atom is 0.326 e. The minimum atomic E-state index is -1.13. The van der Waals surface area contributed by atoms with Gasteiger partial charge in [0.1, 0.15) is 6.04 Å². The van der Waals surface area contributed by atoms with Crippen LogP contribution >= 0.6 is 0 Å². The van der Waals surface area contributed by atoms with Crippen LogP contribution in [0.3, 0.4) is 0 Å². The molecule has 1 aromatic carbocycles. The summed E-state index contributed by atoms with van der Waals surface area (Å²) >= 11 is 0. The van der Waals surface area contributed by atoms with Gasteiger partial charge in [-0.05, 0) is 37.5 Å². The van der Waals surface area contributed by atoms with E-state index in [1.54, 1.807) is 19.1 Å². The van der Waals surface area contributed by atoms with Gasteiger partial charge in [-0.15, -0.1) is 6.58 Å². The molecule has 21 heavy (non-hydrogen) atoms. The van der Waals surface area contributed by atoms with E-state index in [0.29, 0.717) is 6.42 Å². The lowest BCUT2D eigenvalue weighted by Crippen LogP contribution is -2.42. The van der Waals surface area contributed by atoms with Gasteiger partial charge < -0.3 is 15.2 Å². The van der Waals surface area contributed by atoms with Crippen LogP contribution in [0.15, 0.2) is 30.9 Å². The first-order valence-electron chi connectivity index (χ1n) is 6.46. The lowest BCUT2D eigenvalue weighted by Gasteiger charge is -2.14. The van der Waals surface area contributed by atoms with E-state index in [4.69, 9.17) is 9.84 Å². The van der Waals surface area contributed by atoms with Gasteiger partial charge in [0.25, 0.3) is 5.91 Å². The molecular formula is C15H18FNO4. The highest BCUT2D eigenvalue weighted by Crippen LogP contribution is 2.18. The number of ether oxygens (including phenoxy) is 1. The molecule has 0 fully saturated rings. The van der Waals surface area contributed by atoms with Crippen molar-refractivity contribution in [3.05, 3.63) is 42.2 Å². The van der Waals surface area contributed by atoms with Crippen LogP contribution in [-0.2, 0) is 9.59 Å². The number of carbonyl (C=O) groups excluding carboxylic acids is 1. The maximum atomic E-state index is 13.4. The normalized spacial score (nSPS) is 11.5. The van der Waals surface area contributed by atoms with E-state index in [-0.39, 0.29) is 12.2 Å². The number of amides is 1. The van der Waals surface area contributed by atoms with Crippen molar-refractivity contribution in [3.63, 3.8) is 0 Å². The Bertz CT molecular complexity index is 530. The average molecular weight is 295 g/mol. The fourth-order valence-electron chi connectivity index (χ4n) is 1.64. The molecule has 1 rings (SSSR count). The molecule has 0 aliphatic rings. The number of hydrogen-bond donors (Lipinski definition) is 2. The first-order valence-corrected chi connectivity index (χ1v) is 6.46. The SMILES string of the molecule is C=CCCC(NC(=O)COc1cc(C)ccc1F)C(=O)O. The molecule has 0 saturated carbocycles. The number of carboxylic acid groups (broad SMARTS) is 1. The van der Waals surface area contributed by atoms with Crippen LogP contribution in [0.5, 0.6) is 5.75 Å². The van der Waals surface area contributed by atoms with E-state index < -0.39 is 30.3 Å². The summed E-state index contributed by atoms with van der Waals surface area (Å²) in [6, 6.07) is 3.28. The highest BCUT2D eigenvalue weighted by Gasteiger charge is 2.19. The molecule has 1 atom stereocenters. The molecule has 114 valence electrons. The Morgan fingerprint density at radius 2 is 2.24 bits per heavy atom. The van der Waals surface area contributed by atoms with Crippen molar-refractivity contribution in [2.45, 2.75) is 25.8 Å². The summed E-state index contributed by atoms with van der Waals surface area (Å²) in [5, 5.41) is 11.3. The van der Waals surface area contributed by atoms with Gasteiger partial charge in [0.15, 0.2) is 18.2 Å². The second-order valence-electron chi connectivity index (χ2n) is 4.55. The summed E-state index contributed by atoms with van der Waals surface area (Å²) < 4.78 is 18.5. The number of carbonyl (C=O) groups is 2. The number of hydrogen-bond acceptors (Lipinski definition) is 3. The number of nitrogens with one attached hydrogen (secondary N) is 1. The highest BCUT2D eigenvalue weighted by molar-refractivity contribution is 5.84. The third-order valence-corrected chi connectivity index (χ3v) is 2.74. The van der Waals surface area contributed by atoms with Gasteiger partial charge in [0.05, 0.1) is 0 Å². The van der Waals surface area contributed by atoms with Crippen LogP contribution in [0.25, 0.3) is 0 Å². The predicted octanol–water partition coefficient (Wildman–Crippen LogP) is 2.05. The van der Waals surface area contributed by atoms with Crippen molar-refractivity contribution in [2.75, 3.05) is 6.61 Å². The van der Waals surface area contributed by atoms with Gasteiger partial charge in [0, 0.05) is 0 Å². The molecular weight excluding hydrogens is 277 g/mol. The molecule has 0 bridgehead atoms. The quantitative estimate of drug-likeness (QED) is 0.720. The Labute approximate surface area is 122 Å². The molecule has 0 heterocycles. The molecule has 0 aliphatic heterocycles. The number of halogens is 1. The zero-order valence-corrected chi connectivity index (χ0v) is 11.8. The van der Waals surface area contributed by atoms with E-state index in [2.05, 4.69) is 11.9 Å². The number of rotatable bonds is 8. The van der Waals surface area contributed by atoms with Crippen molar-refractivity contribution < 1.29 is 23.8 Å². The fourth-order valence-corrected chi connectivity index (χ4v) is 1.64. The molecule has 1 unspecified atom stereocenters. The zero-order valence-electron chi connectivity index (χ0n) is 11.8. The van der Waals surface area contributed by atoms with Gasteiger partial charge in [-0.3, -0.25) is 4.79 Å². The van der Waals surface area contributed by atoms with Crippen molar-refractivity contribution in [1.82, 2.24) is 5.32 Å². The number of benzene rings is 1. The monoisotopic (exact) mass is 295 g/mol. The summed E-state index contributed by atoms with van der Waals surface area (Å²) in [5.74, 6) is -2.36. The highest BCUT2D eigenvalue weighted by atomic mass is 19.1. The van der Waals surface area contributed by atoms with Gasteiger partial charge in [-0.1, -0.05) is 12.1 Å². The number of aliphatic carboxylic acids is 1. The van der Waals surface area contributed by atoms with E-state index in [0.717, 1.165) is 5.56 Å². The molecule has 2 N–H and O–H groups in total. The Kier molecular flexibility index (Phi) is 6.39. The Balaban J connectivity index is 2.54. The lowest BCUT2D eigenvalue weighted by atomic mass is 10.1. The maximum absolute atomic E-state index is 13.4. The number of aryl methyl sites for hydroxylation is 1. The minimum Gasteiger partial charge on any atom is -0.481 e. The van der Waals surface area contributed by atoms with Crippen molar-refractivity contribution in [1.29, 1.82) is 0 Å². The molecule has 1 aromatic rings. The Hall–Kier alpha value is -2.37. The molecule has 1 amide bonds. The fraction of sp³-hybridized carbons (Fsp3) is 0.333. The van der Waals surface area contributed by atoms with E-state index in [1.165, 1.54) is 12.1 Å². The number of carboxylic acids is 1. The van der Waals surface area contributed by atoms with Crippen LogP contribution in [0.4, 0.5) is 4.39 Å². The van der Waals surface area contributed by atoms with E-state index in [9.17, 15) is 14.0 Å². The van der Waals surface area contributed by atoms with Crippen LogP contribution < -0.4 is 10.1 Å². The topological polar surface area (TPSA) is 75.6 Å². The van der Waals surface area contributed by atoms with Gasteiger partial charge in [-0.2, -0.15) is 0 Å². The smallest absolute Gasteiger partial charge is 0.326 e. The lowest BCUT2D eigenvalue weighted by molar-refractivity contribution is -0.142. The van der Waals surface area contributed by atoms with Crippen LogP contribution in [0.1, 0.15) is 18.4 Å². The largest absolute Gasteiger partial charge is 0.481 e. The first kappa shape index (κ1) is 16.7. The summed E-state index contributed by atoms with van der Waals surface area (Å²) in [6.45, 7) is 4.81. The average Bonchev–Trinajstić information content (AvgIpc) is 2.44. The molecule has 0 aromatic heterocycles. The van der Waals surface area contributed by atoms with Crippen LogP contribution in [-0.4, -0.2) is 29.6 Å². The van der Waals surface area contributed by atoms with Gasteiger partial charge in [0.2, 0.25) is 0 Å². The Morgan fingerprint density at radius 1 is 1.52 bits per heavy atom. The van der Waals surface area contributed by atoms with Crippen molar-refractivity contribution in [2.24, 2.45) is 0 Å². The molecule has 6 heteroatoms. The van der Waals surface area contributed by atoms with Gasteiger partial charge >= 0.3 is 5.97 Å². The second-order valence-corrected chi connectivity index (χ2v) is 4.55. The summed E-state index contributed by atoms with van der Waals surface area (Å²) in [5.41, 5.74) is 0.793. The second kappa shape index (κ2) is 8.04. The Morgan fingerprint density at radius 3 is 2.86 bits per heavy atom. The zero-order chi connectivity index (χ0) is 15.8. The predicted molar refractivity (Wildman–Crippen MR) is 75.6 cm³/mol. The van der Waals surface area contributed by atoms with E-state index >= 15 is 0 Å². The minimum absolute atomic E-state index is 0.0388. The molecule has 0 spiro atoms. The van der Waals surface area contributed by atoms with Crippen molar-refractivity contribution in [3.8, 4) is 5.75 Å². The third-order valence-electron chi connectivity index (χ3n) is 2.74. The molecule has 5 nitrogen and oxygen atoms in total. The van der Waals surface area contributed by atoms with Crippen LogP contribution in [0, 0.1) is 12.7 Å². The van der Waals surface area contributed by atoms with Gasteiger partial charge in [-0.25, -0.2) is 9.18 Å². The summed E-state index contributed by atoms with van der Waals surface area (Å²) in [4.78, 5) is 22.6. The molecule has 0 radical (unpaired) electrons. The van der Waals surface area contributed by atoms with Crippen molar-refractivity contribution >= 4 is 11.9 Å². The number of allylic oxidation sites excluding steroid dienone is 1. The summed E-state index contributed by atoms with van der Waals surface area (Å²) in [7, 11) is 0. The van der Waals surface area contributed by atoms with Crippen LogP contribution in [0.2, 0.25) is 0 Å². The van der Waals surface area contributed by atoms with E-state index in [1.807, 2.05) is 0 Å². The first-order chi connectivity index (χ1) is 9.93. The molecule has 0 aliphatic carbocycles. The third kappa shape index (κ3) is 5.64. The molecule has 0 saturated heterocycles. The standard InChI is InChI=1S/C15H18FNO4/c1-3-4-5-12(15(19)20)17-14(18)9-21-13-8-10(2)6-7-11(13)16/h3,6-8,12H,1,4-5,9H2,2H3,(H,17,18)(H,19,20).